The maximum atomic E-state index is 12.7. The molecule has 0 unspecified atom stereocenters. The first-order chi connectivity index (χ1) is 15.3. The number of amides is 2. The van der Waals surface area contributed by atoms with Crippen LogP contribution in [0, 0.1) is 0 Å². The molecule has 0 bridgehead atoms. The number of nitrogens with zero attached hydrogens (tertiary/aromatic N) is 1. The number of para-hydroxylation sites is 1. The monoisotopic (exact) mass is 427 g/mol. The van der Waals surface area contributed by atoms with Gasteiger partial charge in [0.2, 0.25) is 6.79 Å². The standard InChI is InChI=1S/C24H17N3O3S/c28-24-26-21(14-6-2-1-3-7-14)20(23-25-16-8-4-5-9-19(16)31-23)22(27-24)15-10-11-17-18(12-15)30-13-29-17/h1-12,22H,13H2,(H2,26,27,28)/t22-/m0/s1. The molecule has 6 rings (SSSR count). The third-order valence-electron chi connectivity index (χ3n) is 5.39. The van der Waals surface area contributed by atoms with E-state index in [1.165, 1.54) is 0 Å². The summed E-state index contributed by atoms with van der Waals surface area (Å²) < 4.78 is 12.1. The van der Waals surface area contributed by atoms with Crippen LogP contribution in [0.2, 0.25) is 0 Å². The molecule has 0 fully saturated rings. The van der Waals surface area contributed by atoms with Crippen molar-refractivity contribution in [2.75, 3.05) is 6.79 Å². The van der Waals surface area contributed by atoms with E-state index >= 15 is 0 Å². The number of aromatic nitrogens is 1. The largest absolute Gasteiger partial charge is 0.454 e. The fraction of sp³-hybridized carbons (Fsp3) is 0.0833. The molecule has 2 amide bonds. The van der Waals surface area contributed by atoms with Gasteiger partial charge in [0, 0.05) is 5.57 Å². The summed E-state index contributed by atoms with van der Waals surface area (Å²) in [5, 5.41) is 6.95. The lowest BCUT2D eigenvalue weighted by Crippen LogP contribution is -2.42. The molecule has 4 aromatic rings. The number of thiazole rings is 1. The van der Waals surface area contributed by atoms with E-state index in [2.05, 4.69) is 16.7 Å². The van der Waals surface area contributed by atoms with Gasteiger partial charge in [0.05, 0.1) is 22.0 Å². The van der Waals surface area contributed by atoms with Crippen molar-refractivity contribution in [2.45, 2.75) is 6.04 Å². The summed E-state index contributed by atoms with van der Waals surface area (Å²) in [6, 6.07) is 23.0. The second-order valence-corrected chi connectivity index (χ2v) is 8.32. The Morgan fingerprint density at radius 3 is 2.61 bits per heavy atom. The smallest absolute Gasteiger partial charge is 0.320 e. The van der Waals surface area contributed by atoms with Gasteiger partial charge in [0.25, 0.3) is 0 Å². The highest BCUT2D eigenvalue weighted by molar-refractivity contribution is 7.19. The Kier molecular flexibility index (Phi) is 4.14. The van der Waals surface area contributed by atoms with Gasteiger partial charge in [-0.2, -0.15) is 0 Å². The van der Waals surface area contributed by atoms with E-state index in [-0.39, 0.29) is 18.9 Å². The second-order valence-electron chi connectivity index (χ2n) is 7.29. The van der Waals surface area contributed by atoms with E-state index in [4.69, 9.17) is 14.5 Å². The topological polar surface area (TPSA) is 72.5 Å². The van der Waals surface area contributed by atoms with Gasteiger partial charge >= 0.3 is 6.03 Å². The second kappa shape index (κ2) is 7.14. The average Bonchev–Trinajstić information content (AvgIpc) is 3.45. The fourth-order valence-electron chi connectivity index (χ4n) is 3.96. The van der Waals surface area contributed by atoms with E-state index in [9.17, 15) is 4.79 Å². The van der Waals surface area contributed by atoms with Crippen LogP contribution in [-0.2, 0) is 0 Å². The molecule has 0 saturated carbocycles. The third kappa shape index (κ3) is 3.10. The Balaban J connectivity index is 1.59. The van der Waals surface area contributed by atoms with Crippen LogP contribution in [0.25, 0.3) is 21.5 Å². The first-order valence-electron chi connectivity index (χ1n) is 9.89. The number of carbonyl (C=O) groups is 1. The minimum Gasteiger partial charge on any atom is -0.454 e. The Morgan fingerprint density at radius 1 is 0.935 bits per heavy atom. The number of hydrogen-bond donors (Lipinski definition) is 2. The van der Waals surface area contributed by atoms with Crippen molar-refractivity contribution in [1.82, 2.24) is 15.6 Å². The molecule has 6 nitrogen and oxygen atoms in total. The van der Waals surface area contributed by atoms with Gasteiger partial charge in [-0.05, 0) is 35.4 Å². The lowest BCUT2D eigenvalue weighted by Gasteiger charge is -2.30. The van der Waals surface area contributed by atoms with Crippen LogP contribution < -0.4 is 20.1 Å². The molecule has 2 aliphatic rings. The molecule has 1 aromatic heterocycles. The molecule has 2 aliphatic heterocycles. The Bertz CT molecular complexity index is 1310. The first-order valence-corrected chi connectivity index (χ1v) is 10.7. The zero-order valence-corrected chi connectivity index (χ0v) is 17.1. The van der Waals surface area contributed by atoms with Crippen molar-refractivity contribution in [3.8, 4) is 11.5 Å². The molecular weight excluding hydrogens is 410 g/mol. The number of fused-ring (bicyclic) bond motifs is 2. The molecule has 3 aromatic carbocycles. The van der Waals surface area contributed by atoms with Crippen molar-refractivity contribution in [2.24, 2.45) is 0 Å². The van der Waals surface area contributed by atoms with Gasteiger partial charge in [-0.1, -0.05) is 48.5 Å². The molecule has 31 heavy (non-hydrogen) atoms. The van der Waals surface area contributed by atoms with Crippen LogP contribution >= 0.6 is 11.3 Å². The molecule has 152 valence electrons. The van der Waals surface area contributed by atoms with Gasteiger partial charge in [-0.3, -0.25) is 0 Å². The summed E-state index contributed by atoms with van der Waals surface area (Å²) in [5.41, 5.74) is 4.44. The van der Waals surface area contributed by atoms with E-state index in [0.717, 1.165) is 37.6 Å². The minimum atomic E-state index is -0.390. The van der Waals surface area contributed by atoms with Gasteiger partial charge in [0.1, 0.15) is 5.01 Å². The predicted molar refractivity (Wildman–Crippen MR) is 120 cm³/mol. The highest BCUT2D eigenvalue weighted by Gasteiger charge is 2.33. The molecule has 0 radical (unpaired) electrons. The van der Waals surface area contributed by atoms with Gasteiger partial charge in [0.15, 0.2) is 11.5 Å². The van der Waals surface area contributed by atoms with E-state index in [0.29, 0.717) is 11.5 Å². The molecule has 0 saturated heterocycles. The highest BCUT2D eigenvalue weighted by Crippen LogP contribution is 2.43. The molecule has 0 aliphatic carbocycles. The Hall–Kier alpha value is -3.84. The van der Waals surface area contributed by atoms with Crippen LogP contribution in [0.1, 0.15) is 22.2 Å². The summed E-state index contributed by atoms with van der Waals surface area (Å²) in [6.45, 7) is 0.202. The van der Waals surface area contributed by atoms with Crippen molar-refractivity contribution < 1.29 is 14.3 Å². The first kappa shape index (κ1) is 18.0. The summed E-state index contributed by atoms with van der Waals surface area (Å²) >= 11 is 1.61. The van der Waals surface area contributed by atoms with Crippen LogP contribution in [0.3, 0.4) is 0 Å². The van der Waals surface area contributed by atoms with Crippen molar-refractivity contribution in [3.05, 3.63) is 88.9 Å². The Morgan fingerprint density at radius 2 is 1.74 bits per heavy atom. The van der Waals surface area contributed by atoms with Crippen molar-refractivity contribution in [1.29, 1.82) is 0 Å². The summed E-state index contributed by atoms with van der Waals surface area (Å²) in [5.74, 6) is 1.38. The molecular formula is C24H17N3O3S. The zero-order chi connectivity index (χ0) is 20.8. The van der Waals surface area contributed by atoms with Gasteiger partial charge in [-0.15, -0.1) is 11.3 Å². The van der Waals surface area contributed by atoms with Gasteiger partial charge < -0.3 is 20.1 Å². The summed E-state index contributed by atoms with van der Waals surface area (Å²) in [6.07, 6.45) is 0. The van der Waals surface area contributed by atoms with Crippen molar-refractivity contribution in [3.63, 3.8) is 0 Å². The summed E-state index contributed by atoms with van der Waals surface area (Å²) in [4.78, 5) is 17.6. The highest BCUT2D eigenvalue weighted by atomic mass is 32.1. The lowest BCUT2D eigenvalue weighted by atomic mass is 9.93. The maximum absolute atomic E-state index is 12.7. The predicted octanol–water partition coefficient (Wildman–Crippen LogP) is 4.95. The number of ether oxygens (including phenoxy) is 2. The van der Waals surface area contributed by atoms with E-state index < -0.39 is 0 Å². The van der Waals surface area contributed by atoms with Crippen LogP contribution in [-0.4, -0.2) is 17.8 Å². The van der Waals surface area contributed by atoms with Gasteiger partial charge in [-0.25, -0.2) is 9.78 Å². The van der Waals surface area contributed by atoms with E-state index in [1.54, 1.807) is 11.3 Å². The van der Waals surface area contributed by atoms with E-state index in [1.807, 2.05) is 66.7 Å². The number of rotatable bonds is 3. The average molecular weight is 427 g/mol. The number of nitrogens with one attached hydrogen (secondary N) is 2. The number of urea groups is 1. The summed E-state index contributed by atoms with van der Waals surface area (Å²) in [7, 11) is 0. The number of benzene rings is 3. The molecule has 0 spiro atoms. The number of hydrogen-bond acceptors (Lipinski definition) is 5. The molecule has 2 N–H and O–H groups in total. The number of carbonyl (C=O) groups excluding carboxylic acids is 1. The van der Waals surface area contributed by atoms with Crippen molar-refractivity contribution >= 4 is 38.9 Å². The molecule has 7 heteroatoms. The normalized spacial score (nSPS) is 17.5. The molecule has 1 atom stereocenters. The maximum Gasteiger partial charge on any atom is 0.320 e. The minimum absolute atomic E-state index is 0.202. The zero-order valence-electron chi connectivity index (χ0n) is 16.3. The molecule has 3 heterocycles. The third-order valence-corrected chi connectivity index (χ3v) is 6.46. The quantitative estimate of drug-likeness (QED) is 0.485. The van der Waals surface area contributed by atoms with Crippen LogP contribution in [0.4, 0.5) is 4.79 Å². The SMILES string of the molecule is O=C1NC(c2ccccc2)=C(c2nc3ccccc3s2)[C@H](c2ccc3c(c2)OCO3)N1. The lowest BCUT2D eigenvalue weighted by molar-refractivity contribution is 0.174. The fourth-order valence-corrected chi connectivity index (χ4v) is 5.00. The Labute approximate surface area is 182 Å². The van der Waals surface area contributed by atoms with Crippen LogP contribution in [0.5, 0.6) is 11.5 Å². The van der Waals surface area contributed by atoms with Crippen LogP contribution in [0.15, 0.2) is 72.8 Å².